The van der Waals surface area contributed by atoms with Crippen molar-refractivity contribution in [3.8, 4) is 11.3 Å². The molecule has 2 aromatic heterocycles. The Kier molecular flexibility index (Phi) is 2.20. The highest BCUT2D eigenvalue weighted by Crippen LogP contribution is 2.37. The van der Waals surface area contributed by atoms with Crippen LogP contribution in [0.2, 0.25) is 5.02 Å². The molecule has 1 N–H and O–H groups in total. The van der Waals surface area contributed by atoms with Gasteiger partial charge in [0.2, 0.25) is 0 Å². The van der Waals surface area contributed by atoms with E-state index in [1.165, 1.54) is 0 Å². The number of benzene rings is 1. The lowest BCUT2D eigenvalue weighted by molar-refractivity contribution is 0.0696. The molecule has 0 saturated heterocycles. The fourth-order valence-electron chi connectivity index (χ4n) is 2.72. The number of pyridine rings is 1. The summed E-state index contributed by atoms with van der Waals surface area (Å²) in [6, 6.07) is 9.06. The van der Waals surface area contributed by atoms with Gasteiger partial charge in [-0.05, 0) is 29.8 Å². The maximum absolute atomic E-state index is 11.1. The van der Waals surface area contributed by atoms with E-state index in [-0.39, 0.29) is 5.56 Å². The van der Waals surface area contributed by atoms with Crippen LogP contribution in [0.3, 0.4) is 0 Å². The summed E-state index contributed by atoms with van der Waals surface area (Å²) in [5.41, 5.74) is 5.15. The fraction of sp³-hybridized carbons (Fsp3) is 0.0667. The molecule has 0 amide bonds. The highest BCUT2D eigenvalue weighted by Gasteiger charge is 2.24. The van der Waals surface area contributed by atoms with E-state index in [4.69, 9.17) is 16.7 Å². The van der Waals surface area contributed by atoms with E-state index in [0.29, 0.717) is 5.02 Å². The molecule has 0 fully saturated rings. The molecule has 1 aromatic carbocycles. The van der Waals surface area contributed by atoms with Crippen molar-refractivity contribution in [1.82, 2.24) is 9.38 Å². The van der Waals surface area contributed by atoms with Crippen molar-refractivity contribution in [2.45, 2.75) is 6.42 Å². The van der Waals surface area contributed by atoms with Gasteiger partial charge in [-0.3, -0.25) is 0 Å². The lowest BCUT2D eigenvalue weighted by Crippen LogP contribution is -2.00. The molecule has 3 aromatic rings. The number of imidazole rings is 1. The van der Waals surface area contributed by atoms with Crippen LogP contribution in [0.1, 0.15) is 21.6 Å². The number of carboxylic acid groups (broad SMARTS) is 1. The van der Waals surface area contributed by atoms with Gasteiger partial charge in [-0.15, -0.1) is 0 Å². The molecule has 0 radical (unpaired) electrons. The maximum Gasteiger partial charge on any atom is 0.337 e. The van der Waals surface area contributed by atoms with Crippen molar-refractivity contribution in [2.24, 2.45) is 0 Å². The minimum Gasteiger partial charge on any atom is -0.478 e. The Labute approximate surface area is 119 Å². The van der Waals surface area contributed by atoms with Gasteiger partial charge < -0.3 is 9.51 Å². The summed E-state index contributed by atoms with van der Waals surface area (Å²) in [6.07, 6.45) is 2.34. The van der Waals surface area contributed by atoms with Gasteiger partial charge in [0.25, 0.3) is 0 Å². The van der Waals surface area contributed by atoms with Crippen molar-refractivity contribution >= 4 is 23.2 Å². The summed E-state index contributed by atoms with van der Waals surface area (Å²) in [6.45, 7) is 0. The topological polar surface area (TPSA) is 54.6 Å². The molecule has 4 nitrogen and oxygen atoms in total. The first-order valence-electron chi connectivity index (χ1n) is 6.16. The van der Waals surface area contributed by atoms with Gasteiger partial charge in [0, 0.05) is 23.2 Å². The fourth-order valence-corrected chi connectivity index (χ4v) is 2.92. The Bertz CT molecular complexity index is 883. The number of hydrogen-bond donors (Lipinski definition) is 1. The number of halogens is 1. The third-order valence-electron chi connectivity index (χ3n) is 3.64. The summed E-state index contributed by atoms with van der Waals surface area (Å²) in [4.78, 5) is 15.7. The molecule has 4 rings (SSSR count). The summed E-state index contributed by atoms with van der Waals surface area (Å²) in [5.74, 6) is -0.937. The first kappa shape index (κ1) is 11.5. The third kappa shape index (κ3) is 1.48. The van der Waals surface area contributed by atoms with Crippen LogP contribution in [-0.4, -0.2) is 20.5 Å². The Morgan fingerprint density at radius 1 is 1.30 bits per heavy atom. The van der Waals surface area contributed by atoms with Crippen LogP contribution in [-0.2, 0) is 6.42 Å². The highest BCUT2D eigenvalue weighted by atomic mass is 35.5. The zero-order chi connectivity index (χ0) is 13.9. The monoisotopic (exact) mass is 284 g/mol. The van der Waals surface area contributed by atoms with Crippen LogP contribution in [0.4, 0.5) is 0 Å². The Morgan fingerprint density at radius 2 is 2.15 bits per heavy atom. The van der Waals surface area contributed by atoms with Gasteiger partial charge in [-0.25, -0.2) is 9.78 Å². The van der Waals surface area contributed by atoms with Crippen molar-refractivity contribution < 1.29 is 9.90 Å². The van der Waals surface area contributed by atoms with E-state index in [1.54, 1.807) is 18.3 Å². The molecule has 1 aliphatic rings. The van der Waals surface area contributed by atoms with Gasteiger partial charge in [0.1, 0.15) is 5.65 Å². The highest BCUT2D eigenvalue weighted by molar-refractivity contribution is 6.30. The average Bonchev–Trinajstić information content (AvgIpc) is 2.93. The normalized spacial score (nSPS) is 12.4. The largest absolute Gasteiger partial charge is 0.478 e. The predicted molar refractivity (Wildman–Crippen MR) is 75.4 cm³/mol. The molecule has 20 heavy (non-hydrogen) atoms. The first-order chi connectivity index (χ1) is 9.63. The van der Waals surface area contributed by atoms with Gasteiger partial charge in [-0.2, -0.15) is 0 Å². The van der Waals surface area contributed by atoms with E-state index < -0.39 is 5.97 Å². The molecule has 0 aliphatic heterocycles. The molecule has 0 saturated carbocycles. The van der Waals surface area contributed by atoms with Crippen LogP contribution in [0, 0.1) is 0 Å². The Hall–Kier alpha value is -2.33. The molecule has 5 heteroatoms. The number of nitrogens with zero attached hydrogens (tertiary/aromatic N) is 2. The van der Waals surface area contributed by atoms with Gasteiger partial charge >= 0.3 is 5.97 Å². The van der Waals surface area contributed by atoms with Gasteiger partial charge in [0.05, 0.1) is 17.0 Å². The van der Waals surface area contributed by atoms with Crippen LogP contribution < -0.4 is 0 Å². The van der Waals surface area contributed by atoms with Crippen molar-refractivity contribution in [2.75, 3.05) is 0 Å². The van der Waals surface area contributed by atoms with Crippen LogP contribution in [0.5, 0.6) is 0 Å². The molecule has 2 heterocycles. The zero-order valence-corrected chi connectivity index (χ0v) is 11.1. The second-order valence-electron chi connectivity index (χ2n) is 4.84. The van der Waals surface area contributed by atoms with Crippen molar-refractivity contribution in [3.05, 3.63) is 58.4 Å². The molecular formula is C15H9ClN2O2. The van der Waals surface area contributed by atoms with Crippen LogP contribution >= 0.6 is 11.6 Å². The van der Waals surface area contributed by atoms with E-state index in [9.17, 15) is 4.79 Å². The molecule has 0 atom stereocenters. The number of carbonyl (C=O) groups is 1. The van der Waals surface area contributed by atoms with Gasteiger partial charge in [0.15, 0.2) is 0 Å². The summed E-state index contributed by atoms with van der Waals surface area (Å²) in [5, 5.41) is 9.79. The number of carboxylic acids is 1. The predicted octanol–water partition coefficient (Wildman–Crippen LogP) is 3.26. The molecule has 0 spiro atoms. The summed E-state index contributed by atoms with van der Waals surface area (Å²) >= 11 is 6.01. The van der Waals surface area contributed by atoms with Crippen molar-refractivity contribution in [3.63, 3.8) is 0 Å². The third-order valence-corrected chi connectivity index (χ3v) is 3.88. The standard InChI is InChI=1S/C15H9ClN2O2/c16-10-2-3-11-9(5-10)6-12-14(11)17-13-4-1-8(15(19)20)7-18(12)13/h1-5,7H,6H2,(H,19,20). The first-order valence-corrected chi connectivity index (χ1v) is 6.54. The van der Waals surface area contributed by atoms with E-state index >= 15 is 0 Å². The maximum atomic E-state index is 11.1. The van der Waals surface area contributed by atoms with Gasteiger partial charge in [-0.1, -0.05) is 17.7 Å². The molecule has 98 valence electrons. The molecule has 0 unspecified atom stereocenters. The molecule has 1 aliphatic carbocycles. The van der Waals surface area contributed by atoms with E-state index in [2.05, 4.69) is 4.98 Å². The van der Waals surface area contributed by atoms with Crippen LogP contribution in [0.25, 0.3) is 16.9 Å². The lowest BCUT2D eigenvalue weighted by Gasteiger charge is -2.01. The number of fused-ring (bicyclic) bond motifs is 5. The van der Waals surface area contributed by atoms with Crippen LogP contribution in [0.15, 0.2) is 36.5 Å². The number of rotatable bonds is 1. The number of aromatic carboxylic acids is 1. The summed E-state index contributed by atoms with van der Waals surface area (Å²) < 4.78 is 1.85. The van der Waals surface area contributed by atoms with E-state index in [0.717, 1.165) is 34.6 Å². The molecule has 0 bridgehead atoms. The number of hydrogen-bond acceptors (Lipinski definition) is 2. The second-order valence-corrected chi connectivity index (χ2v) is 5.27. The quantitative estimate of drug-likeness (QED) is 0.584. The SMILES string of the molecule is O=C(O)c1ccc2nc3c(n2c1)Cc1cc(Cl)ccc1-3. The smallest absolute Gasteiger partial charge is 0.337 e. The average molecular weight is 285 g/mol. The zero-order valence-electron chi connectivity index (χ0n) is 10.3. The number of aromatic nitrogens is 2. The Morgan fingerprint density at radius 3 is 2.95 bits per heavy atom. The second kappa shape index (κ2) is 3.84. The summed E-state index contributed by atoms with van der Waals surface area (Å²) in [7, 11) is 0. The Balaban J connectivity index is 1.98. The minimum atomic E-state index is -0.937. The lowest BCUT2D eigenvalue weighted by atomic mass is 10.1. The van der Waals surface area contributed by atoms with E-state index in [1.807, 2.05) is 22.6 Å². The van der Waals surface area contributed by atoms with Crippen molar-refractivity contribution in [1.29, 1.82) is 0 Å². The minimum absolute atomic E-state index is 0.256. The molecular weight excluding hydrogens is 276 g/mol.